The van der Waals surface area contributed by atoms with Gasteiger partial charge in [0.05, 0.1) is 6.04 Å². The van der Waals surface area contributed by atoms with E-state index < -0.39 is 0 Å². The van der Waals surface area contributed by atoms with Crippen LogP contribution in [0, 0.1) is 11.8 Å². The van der Waals surface area contributed by atoms with Gasteiger partial charge in [0.2, 0.25) is 5.91 Å². The Kier molecular flexibility index (Phi) is 6.07. The molecule has 0 bridgehead atoms. The van der Waals surface area contributed by atoms with Gasteiger partial charge in [-0.15, -0.1) is 0 Å². The van der Waals surface area contributed by atoms with E-state index in [1.165, 1.54) is 12.8 Å². The third-order valence-electron chi connectivity index (χ3n) is 6.13. The molecule has 1 N–H and O–H groups in total. The van der Waals surface area contributed by atoms with Gasteiger partial charge in [0.25, 0.3) is 0 Å². The van der Waals surface area contributed by atoms with Crippen molar-refractivity contribution in [3.8, 4) is 11.5 Å². The Balaban J connectivity index is 1.51. The predicted molar refractivity (Wildman–Crippen MR) is 103 cm³/mol. The number of nitrogens with one attached hydrogen (secondary N) is 1. The van der Waals surface area contributed by atoms with Crippen molar-refractivity contribution < 1.29 is 14.3 Å². The van der Waals surface area contributed by atoms with Crippen molar-refractivity contribution >= 4 is 5.91 Å². The maximum Gasteiger partial charge on any atom is 0.237 e. The van der Waals surface area contributed by atoms with E-state index in [1.54, 1.807) is 0 Å². The van der Waals surface area contributed by atoms with E-state index in [2.05, 4.69) is 19.2 Å². The number of para-hydroxylation sites is 2. The molecule has 5 nitrogen and oxygen atoms in total. The fourth-order valence-electron chi connectivity index (χ4n) is 3.92. The molecule has 2 aliphatic rings. The summed E-state index contributed by atoms with van der Waals surface area (Å²) in [5.41, 5.74) is 0. The van der Waals surface area contributed by atoms with Crippen molar-refractivity contribution in [2.45, 2.75) is 58.2 Å². The molecular formula is C21H32N2O3. The second-order valence-corrected chi connectivity index (χ2v) is 8.00. The van der Waals surface area contributed by atoms with Crippen molar-refractivity contribution in [3.05, 3.63) is 24.3 Å². The fraction of sp³-hybridized carbons (Fsp3) is 0.667. The van der Waals surface area contributed by atoms with E-state index in [-0.39, 0.29) is 18.1 Å². The average molecular weight is 360 g/mol. The second-order valence-electron chi connectivity index (χ2n) is 8.00. The van der Waals surface area contributed by atoms with Crippen LogP contribution < -0.4 is 14.8 Å². The number of carbonyl (C=O) groups is 1. The molecule has 5 heteroatoms. The Labute approximate surface area is 157 Å². The standard InChI is InChI=1S/C21H32N2O3/c1-14-8-7-9-18(15(14)2)22-21(24)16(3)23(4)12-17-13-25-19-10-5-6-11-20(19)26-17/h5-6,10-11,14-18H,7-9,12-13H2,1-4H3,(H,22,24). The summed E-state index contributed by atoms with van der Waals surface area (Å²) in [6.45, 7) is 7.67. The van der Waals surface area contributed by atoms with Crippen LogP contribution in [0.25, 0.3) is 0 Å². The maximum absolute atomic E-state index is 12.7. The molecule has 1 aliphatic heterocycles. The quantitative estimate of drug-likeness (QED) is 0.877. The lowest BCUT2D eigenvalue weighted by atomic mass is 9.78. The van der Waals surface area contributed by atoms with Crippen LogP contribution in [-0.4, -0.2) is 49.2 Å². The summed E-state index contributed by atoms with van der Waals surface area (Å²) < 4.78 is 11.8. The Hall–Kier alpha value is -1.75. The van der Waals surface area contributed by atoms with Crippen molar-refractivity contribution in [2.24, 2.45) is 11.8 Å². The number of likely N-dealkylation sites (N-methyl/N-ethyl adjacent to an activating group) is 1. The van der Waals surface area contributed by atoms with Gasteiger partial charge in [-0.1, -0.05) is 38.8 Å². The molecule has 3 rings (SSSR count). The Morgan fingerprint density at radius 1 is 1.27 bits per heavy atom. The van der Waals surface area contributed by atoms with Crippen LogP contribution in [0.3, 0.4) is 0 Å². The first-order valence-corrected chi connectivity index (χ1v) is 9.84. The number of carbonyl (C=O) groups excluding carboxylic acids is 1. The van der Waals surface area contributed by atoms with Crippen LogP contribution in [0.4, 0.5) is 0 Å². The molecule has 0 spiro atoms. The molecule has 26 heavy (non-hydrogen) atoms. The van der Waals surface area contributed by atoms with E-state index in [4.69, 9.17) is 9.47 Å². The van der Waals surface area contributed by atoms with Gasteiger partial charge in [0.15, 0.2) is 11.5 Å². The second kappa shape index (κ2) is 8.30. The normalized spacial score (nSPS) is 29.3. The first kappa shape index (κ1) is 19.0. The number of hydrogen-bond acceptors (Lipinski definition) is 4. The molecular weight excluding hydrogens is 328 g/mol. The molecule has 1 heterocycles. The monoisotopic (exact) mass is 360 g/mol. The fourth-order valence-corrected chi connectivity index (χ4v) is 3.92. The third kappa shape index (κ3) is 4.32. The highest BCUT2D eigenvalue weighted by Gasteiger charge is 2.31. The number of nitrogens with zero attached hydrogens (tertiary/aromatic N) is 1. The summed E-state index contributed by atoms with van der Waals surface area (Å²) in [6.07, 6.45) is 3.49. The van der Waals surface area contributed by atoms with Crippen molar-refractivity contribution in [2.75, 3.05) is 20.2 Å². The SMILES string of the molecule is CC1CCCC(NC(=O)C(C)N(C)CC2COc3ccccc3O2)C1C. The first-order chi connectivity index (χ1) is 12.5. The van der Waals surface area contributed by atoms with Gasteiger partial charge < -0.3 is 14.8 Å². The van der Waals surface area contributed by atoms with Gasteiger partial charge in [0, 0.05) is 12.6 Å². The number of ether oxygens (including phenoxy) is 2. The highest BCUT2D eigenvalue weighted by Crippen LogP contribution is 2.31. The molecule has 1 aromatic rings. The molecule has 1 aromatic carbocycles. The lowest BCUT2D eigenvalue weighted by molar-refractivity contribution is -0.127. The Bertz CT molecular complexity index is 621. The number of hydrogen-bond donors (Lipinski definition) is 1. The number of benzene rings is 1. The zero-order valence-corrected chi connectivity index (χ0v) is 16.4. The summed E-state index contributed by atoms with van der Waals surface area (Å²) in [5.74, 6) is 2.89. The number of amides is 1. The van der Waals surface area contributed by atoms with Gasteiger partial charge >= 0.3 is 0 Å². The Morgan fingerprint density at radius 3 is 2.77 bits per heavy atom. The first-order valence-electron chi connectivity index (χ1n) is 9.84. The minimum absolute atomic E-state index is 0.0706. The largest absolute Gasteiger partial charge is 0.486 e. The van der Waals surface area contributed by atoms with Crippen LogP contribution in [-0.2, 0) is 4.79 Å². The van der Waals surface area contributed by atoms with Gasteiger partial charge in [0.1, 0.15) is 12.7 Å². The lowest BCUT2D eigenvalue weighted by Gasteiger charge is -2.36. The molecule has 1 amide bonds. The van der Waals surface area contributed by atoms with Crippen molar-refractivity contribution in [1.29, 1.82) is 0 Å². The molecule has 0 radical (unpaired) electrons. The van der Waals surface area contributed by atoms with Crippen molar-refractivity contribution in [1.82, 2.24) is 10.2 Å². The summed E-state index contributed by atoms with van der Waals surface area (Å²) in [6, 6.07) is 7.81. The minimum atomic E-state index is -0.194. The van der Waals surface area contributed by atoms with E-state index in [9.17, 15) is 4.79 Å². The van der Waals surface area contributed by atoms with E-state index in [0.717, 1.165) is 17.9 Å². The molecule has 1 fully saturated rings. The van der Waals surface area contributed by atoms with E-state index >= 15 is 0 Å². The van der Waals surface area contributed by atoms with Crippen LogP contribution in [0.2, 0.25) is 0 Å². The van der Waals surface area contributed by atoms with Gasteiger partial charge in [-0.2, -0.15) is 0 Å². The van der Waals surface area contributed by atoms with Gasteiger partial charge in [-0.25, -0.2) is 0 Å². The molecule has 1 aliphatic carbocycles. The summed E-state index contributed by atoms with van der Waals surface area (Å²) in [7, 11) is 1.97. The highest BCUT2D eigenvalue weighted by atomic mass is 16.6. The van der Waals surface area contributed by atoms with Crippen LogP contribution in [0.15, 0.2) is 24.3 Å². The average Bonchev–Trinajstić information content (AvgIpc) is 2.64. The van der Waals surface area contributed by atoms with Crippen LogP contribution >= 0.6 is 0 Å². The zero-order valence-electron chi connectivity index (χ0n) is 16.4. The summed E-state index contributed by atoms with van der Waals surface area (Å²) in [4.78, 5) is 14.8. The Morgan fingerprint density at radius 2 is 2.00 bits per heavy atom. The molecule has 5 atom stereocenters. The summed E-state index contributed by atoms with van der Waals surface area (Å²) in [5, 5.41) is 3.28. The van der Waals surface area contributed by atoms with Crippen molar-refractivity contribution in [3.63, 3.8) is 0 Å². The minimum Gasteiger partial charge on any atom is -0.486 e. The third-order valence-corrected chi connectivity index (χ3v) is 6.13. The number of fused-ring (bicyclic) bond motifs is 1. The lowest BCUT2D eigenvalue weighted by Crippen LogP contribution is -2.52. The zero-order chi connectivity index (χ0) is 18.7. The maximum atomic E-state index is 12.7. The predicted octanol–water partition coefficient (Wildman–Crippen LogP) is 3.09. The molecule has 5 unspecified atom stereocenters. The molecule has 0 saturated heterocycles. The van der Waals surface area contributed by atoms with Crippen LogP contribution in [0.1, 0.15) is 40.0 Å². The number of rotatable bonds is 5. The van der Waals surface area contributed by atoms with E-state index in [1.807, 2.05) is 43.1 Å². The molecule has 1 saturated carbocycles. The highest BCUT2D eigenvalue weighted by molar-refractivity contribution is 5.81. The smallest absolute Gasteiger partial charge is 0.237 e. The summed E-state index contributed by atoms with van der Waals surface area (Å²) >= 11 is 0. The topological polar surface area (TPSA) is 50.8 Å². The van der Waals surface area contributed by atoms with Gasteiger partial charge in [-0.3, -0.25) is 9.69 Å². The van der Waals surface area contributed by atoms with E-state index in [0.29, 0.717) is 31.0 Å². The van der Waals surface area contributed by atoms with Crippen LogP contribution in [0.5, 0.6) is 11.5 Å². The van der Waals surface area contributed by atoms with Gasteiger partial charge in [-0.05, 0) is 44.4 Å². The molecule has 144 valence electrons. The molecule has 0 aromatic heterocycles.